The van der Waals surface area contributed by atoms with E-state index in [9.17, 15) is 40.5 Å². The molecule has 1 amide bonds. The van der Waals surface area contributed by atoms with E-state index in [2.05, 4.69) is 37.4 Å². The number of aliphatic hydroxyl groups excluding tert-OH is 7. The Balaban J connectivity index is 2.69. The first-order valence-corrected chi connectivity index (χ1v) is 16.9. The molecule has 0 saturated carbocycles. The summed E-state index contributed by atoms with van der Waals surface area (Å²) in [5, 5.41) is 74.4. The van der Waals surface area contributed by atoms with Gasteiger partial charge in [-0.1, -0.05) is 88.8 Å². The van der Waals surface area contributed by atoms with E-state index in [1.807, 2.05) is 12.2 Å². The standard InChI is InChI=1S/C34H61NO10/c1-3-5-7-9-11-12-13-14-15-16-18-20-22-27(38)33(43)35-25(29(39)26(37)21-19-17-10-8-6-4-2)24-44-34-32(42)31(41)30(40)28(23-36)45-34/h8,10,14-15,18,20,25-32,34,36-42H,3-7,9,11-13,16-17,19,21-24H2,1-2H3,(H,35,43)/b10-8+,15-14-,20-18-. The Morgan fingerprint density at radius 1 is 0.800 bits per heavy atom. The van der Waals surface area contributed by atoms with Crippen LogP contribution in [0.15, 0.2) is 36.5 Å². The molecule has 0 bridgehead atoms. The number of rotatable bonds is 25. The Morgan fingerprint density at radius 3 is 2.16 bits per heavy atom. The van der Waals surface area contributed by atoms with Gasteiger partial charge in [0.05, 0.1) is 25.4 Å². The van der Waals surface area contributed by atoms with E-state index in [0.29, 0.717) is 19.3 Å². The summed E-state index contributed by atoms with van der Waals surface area (Å²) >= 11 is 0. The van der Waals surface area contributed by atoms with Crippen molar-refractivity contribution in [1.29, 1.82) is 0 Å². The molecular weight excluding hydrogens is 582 g/mol. The molecule has 0 aliphatic carbocycles. The predicted octanol–water partition coefficient (Wildman–Crippen LogP) is 2.54. The minimum atomic E-state index is -1.67. The van der Waals surface area contributed by atoms with Crippen LogP contribution in [0.4, 0.5) is 0 Å². The first-order chi connectivity index (χ1) is 21.7. The highest BCUT2D eigenvalue weighted by atomic mass is 16.7. The van der Waals surface area contributed by atoms with Crippen molar-refractivity contribution in [3.8, 4) is 0 Å². The number of hydrogen-bond acceptors (Lipinski definition) is 10. The van der Waals surface area contributed by atoms with Crippen LogP contribution in [-0.2, 0) is 14.3 Å². The number of nitrogens with one attached hydrogen (secondary N) is 1. The number of ether oxygens (including phenoxy) is 2. The van der Waals surface area contributed by atoms with Crippen LogP contribution in [-0.4, -0.2) is 110 Å². The van der Waals surface area contributed by atoms with Gasteiger partial charge in [0.2, 0.25) is 5.91 Å². The molecule has 1 aliphatic heterocycles. The van der Waals surface area contributed by atoms with Crippen molar-refractivity contribution in [2.75, 3.05) is 13.2 Å². The smallest absolute Gasteiger partial charge is 0.249 e. The zero-order valence-corrected chi connectivity index (χ0v) is 27.3. The van der Waals surface area contributed by atoms with Crippen LogP contribution >= 0.6 is 0 Å². The molecule has 0 aromatic rings. The van der Waals surface area contributed by atoms with Crippen molar-refractivity contribution < 1.29 is 50.0 Å². The van der Waals surface area contributed by atoms with Gasteiger partial charge in [-0.05, 0) is 44.9 Å². The first kappa shape index (κ1) is 41.4. The van der Waals surface area contributed by atoms with Crippen LogP contribution in [0.2, 0.25) is 0 Å². The molecule has 1 heterocycles. The van der Waals surface area contributed by atoms with Crippen LogP contribution in [0.25, 0.3) is 0 Å². The minimum Gasteiger partial charge on any atom is -0.394 e. The van der Waals surface area contributed by atoms with Crippen LogP contribution in [0.1, 0.15) is 104 Å². The van der Waals surface area contributed by atoms with Gasteiger partial charge in [0.1, 0.15) is 36.6 Å². The number of hydrogen-bond donors (Lipinski definition) is 8. The first-order valence-electron chi connectivity index (χ1n) is 16.9. The number of amides is 1. The van der Waals surface area contributed by atoms with Gasteiger partial charge in [0.15, 0.2) is 6.29 Å². The lowest BCUT2D eigenvalue weighted by atomic mass is 9.99. The van der Waals surface area contributed by atoms with Gasteiger partial charge >= 0.3 is 0 Å². The molecule has 8 N–H and O–H groups in total. The van der Waals surface area contributed by atoms with Crippen molar-refractivity contribution in [3.05, 3.63) is 36.5 Å². The number of aliphatic hydroxyl groups is 7. The quantitative estimate of drug-likeness (QED) is 0.0542. The summed E-state index contributed by atoms with van der Waals surface area (Å²) in [7, 11) is 0. The molecule has 1 saturated heterocycles. The normalized spacial score (nSPS) is 25.2. The lowest BCUT2D eigenvalue weighted by Crippen LogP contribution is -2.60. The van der Waals surface area contributed by atoms with Gasteiger partial charge in [-0.3, -0.25) is 4.79 Å². The highest BCUT2D eigenvalue weighted by molar-refractivity contribution is 5.81. The zero-order valence-electron chi connectivity index (χ0n) is 27.3. The molecule has 0 spiro atoms. The average molecular weight is 644 g/mol. The maximum atomic E-state index is 12.8. The molecule has 11 nitrogen and oxygen atoms in total. The topological polar surface area (TPSA) is 189 Å². The SMILES string of the molecule is CCC/C=C/CCCC(O)C(O)C(COC1OC(CO)C(O)C(O)C1O)NC(=O)C(O)C/C=C\C/C=C\CCCCCCCC. The summed E-state index contributed by atoms with van der Waals surface area (Å²) in [5.41, 5.74) is 0. The lowest BCUT2D eigenvalue weighted by Gasteiger charge is -2.40. The van der Waals surface area contributed by atoms with Gasteiger partial charge in [0.25, 0.3) is 0 Å². The number of allylic oxidation sites excluding steroid dienone is 5. The van der Waals surface area contributed by atoms with Crippen LogP contribution in [0, 0.1) is 0 Å². The van der Waals surface area contributed by atoms with E-state index < -0.39 is 74.2 Å². The molecule has 0 aromatic carbocycles. The van der Waals surface area contributed by atoms with Crippen molar-refractivity contribution in [2.24, 2.45) is 0 Å². The second-order valence-corrected chi connectivity index (χ2v) is 11.9. The highest BCUT2D eigenvalue weighted by Gasteiger charge is 2.44. The molecule has 0 radical (unpaired) electrons. The third-order valence-corrected chi connectivity index (χ3v) is 7.91. The summed E-state index contributed by atoms with van der Waals surface area (Å²) in [4.78, 5) is 12.8. The minimum absolute atomic E-state index is 0.0418. The third-order valence-electron chi connectivity index (χ3n) is 7.91. The van der Waals surface area contributed by atoms with E-state index in [1.165, 1.54) is 38.5 Å². The van der Waals surface area contributed by atoms with Crippen molar-refractivity contribution >= 4 is 5.91 Å². The maximum Gasteiger partial charge on any atom is 0.249 e. The van der Waals surface area contributed by atoms with Gasteiger partial charge < -0.3 is 50.5 Å². The summed E-state index contributed by atoms with van der Waals surface area (Å²) < 4.78 is 10.9. The summed E-state index contributed by atoms with van der Waals surface area (Å²) in [5.74, 6) is -0.783. The van der Waals surface area contributed by atoms with E-state index in [0.717, 1.165) is 19.3 Å². The molecule has 9 unspecified atom stereocenters. The summed E-state index contributed by atoms with van der Waals surface area (Å²) in [6.45, 7) is 3.18. The van der Waals surface area contributed by atoms with Crippen molar-refractivity contribution in [1.82, 2.24) is 5.32 Å². The second-order valence-electron chi connectivity index (χ2n) is 11.9. The Labute approximate surface area is 269 Å². The molecule has 262 valence electrons. The molecule has 9 atom stereocenters. The van der Waals surface area contributed by atoms with Crippen molar-refractivity contribution in [2.45, 2.75) is 159 Å². The van der Waals surface area contributed by atoms with Crippen LogP contribution in [0.3, 0.4) is 0 Å². The van der Waals surface area contributed by atoms with Crippen LogP contribution in [0.5, 0.6) is 0 Å². The van der Waals surface area contributed by atoms with Gasteiger partial charge in [0, 0.05) is 6.42 Å². The van der Waals surface area contributed by atoms with Gasteiger partial charge in [-0.2, -0.15) is 0 Å². The number of carbonyl (C=O) groups excluding carboxylic acids is 1. The Kier molecular flexibility index (Phi) is 23.4. The van der Waals surface area contributed by atoms with Crippen LogP contribution < -0.4 is 5.32 Å². The van der Waals surface area contributed by atoms with E-state index in [1.54, 1.807) is 6.08 Å². The molecule has 0 aromatic heterocycles. The monoisotopic (exact) mass is 643 g/mol. The van der Waals surface area contributed by atoms with E-state index >= 15 is 0 Å². The Hall–Kier alpha value is -1.67. The molecule has 45 heavy (non-hydrogen) atoms. The predicted molar refractivity (Wildman–Crippen MR) is 173 cm³/mol. The molecule has 1 aliphatic rings. The van der Waals surface area contributed by atoms with E-state index in [-0.39, 0.29) is 12.8 Å². The zero-order chi connectivity index (χ0) is 33.5. The van der Waals surface area contributed by atoms with Crippen molar-refractivity contribution in [3.63, 3.8) is 0 Å². The fourth-order valence-corrected chi connectivity index (χ4v) is 4.96. The van der Waals surface area contributed by atoms with Gasteiger partial charge in [-0.15, -0.1) is 0 Å². The fourth-order valence-electron chi connectivity index (χ4n) is 4.96. The molecule has 1 fully saturated rings. The maximum absolute atomic E-state index is 12.8. The molecular formula is C34H61NO10. The molecule has 11 heteroatoms. The second kappa shape index (κ2) is 25.4. The Morgan fingerprint density at radius 2 is 1.44 bits per heavy atom. The highest BCUT2D eigenvalue weighted by Crippen LogP contribution is 2.22. The van der Waals surface area contributed by atoms with E-state index in [4.69, 9.17) is 9.47 Å². The largest absolute Gasteiger partial charge is 0.394 e. The molecule has 1 rings (SSSR count). The summed E-state index contributed by atoms with van der Waals surface area (Å²) in [6, 6.07) is -1.21. The Bertz CT molecular complexity index is 836. The third kappa shape index (κ3) is 17.2. The lowest BCUT2D eigenvalue weighted by molar-refractivity contribution is -0.303. The number of unbranched alkanes of at least 4 members (excludes halogenated alkanes) is 8. The average Bonchev–Trinajstić information content (AvgIpc) is 3.04. The summed E-state index contributed by atoms with van der Waals surface area (Å²) in [6.07, 6.45) is 12.9. The van der Waals surface area contributed by atoms with Gasteiger partial charge in [-0.25, -0.2) is 0 Å². The number of carbonyl (C=O) groups is 1. The fraction of sp³-hybridized carbons (Fsp3) is 0.794.